The van der Waals surface area contributed by atoms with Crippen molar-refractivity contribution in [1.82, 2.24) is 14.9 Å². The molecule has 0 radical (unpaired) electrons. The Labute approximate surface area is 139 Å². The zero-order valence-corrected chi connectivity index (χ0v) is 14.1. The van der Waals surface area contributed by atoms with Crippen molar-refractivity contribution in [3.8, 4) is 0 Å². The molecule has 1 amide bonds. The molecule has 0 aliphatic heterocycles. The molecule has 3 rings (SSSR count). The first-order valence-electron chi connectivity index (χ1n) is 7.51. The number of likely N-dealkylation sites (N-methyl/N-ethyl adjacent to an activating group) is 1. The lowest BCUT2D eigenvalue weighted by Crippen LogP contribution is -2.42. The van der Waals surface area contributed by atoms with Gasteiger partial charge in [-0.25, -0.2) is 4.98 Å². The van der Waals surface area contributed by atoms with Crippen molar-refractivity contribution in [3.05, 3.63) is 52.1 Å². The second-order valence-corrected chi connectivity index (χ2v) is 6.78. The SMILES string of the molecule is Cc1nc(CN(C)C(=O)[C@@H](N)Cc2c[nH]c3ccccc23)cs1. The molecular weight excluding hydrogens is 308 g/mol. The van der Waals surface area contributed by atoms with E-state index in [1.807, 2.05) is 42.8 Å². The zero-order chi connectivity index (χ0) is 16.4. The number of amides is 1. The van der Waals surface area contributed by atoms with Gasteiger partial charge in [0, 0.05) is 29.5 Å². The molecule has 0 aliphatic rings. The standard InChI is InChI=1S/C17H20N4OS/c1-11-20-13(10-23-11)9-21(2)17(22)15(18)7-12-8-19-16-6-4-3-5-14(12)16/h3-6,8,10,15,19H,7,9,18H2,1-2H3/t15-/m0/s1. The van der Waals surface area contributed by atoms with Crippen molar-refractivity contribution in [2.75, 3.05) is 7.05 Å². The summed E-state index contributed by atoms with van der Waals surface area (Å²) in [5.41, 5.74) is 9.17. The van der Waals surface area contributed by atoms with Gasteiger partial charge in [-0.1, -0.05) is 18.2 Å². The quantitative estimate of drug-likeness (QED) is 0.755. The van der Waals surface area contributed by atoms with E-state index in [-0.39, 0.29) is 5.91 Å². The molecule has 1 atom stereocenters. The van der Waals surface area contributed by atoms with Gasteiger partial charge in [0.15, 0.2) is 0 Å². The molecule has 0 saturated heterocycles. The van der Waals surface area contributed by atoms with E-state index >= 15 is 0 Å². The fourth-order valence-corrected chi connectivity index (χ4v) is 3.31. The van der Waals surface area contributed by atoms with E-state index in [0.717, 1.165) is 27.2 Å². The predicted octanol–water partition coefficient (Wildman–Crippen LogP) is 2.46. The number of aryl methyl sites for hydroxylation is 1. The van der Waals surface area contributed by atoms with Gasteiger partial charge in [-0.15, -0.1) is 11.3 Å². The number of para-hydroxylation sites is 1. The van der Waals surface area contributed by atoms with Gasteiger partial charge in [-0.3, -0.25) is 4.79 Å². The van der Waals surface area contributed by atoms with Crippen molar-refractivity contribution < 1.29 is 4.79 Å². The maximum atomic E-state index is 12.5. The second kappa shape index (κ2) is 6.52. The average molecular weight is 328 g/mol. The summed E-state index contributed by atoms with van der Waals surface area (Å²) in [7, 11) is 1.77. The highest BCUT2D eigenvalue weighted by Crippen LogP contribution is 2.19. The van der Waals surface area contributed by atoms with Gasteiger partial charge in [0.2, 0.25) is 5.91 Å². The number of nitrogens with one attached hydrogen (secondary N) is 1. The summed E-state index contributed by atoms with van der Waals surface area (Å²) < 4.78 is 0. The Balaban J connectivity index is 1.67. The molecule has 0 bridgehead atoms. The van der Waals surface area contributed by atoms with Crippen molar-refractivity contribution in [2.24, 2.45) is 5.73 Å². The van der Waals surface area contributed by atoms with E-state index in [0.29, 0.717) is 13.0 Å². The summed E-state index contributed by atoms with van der Waals surface area (Å²) in [6.45, 7) is 2.45. The van der Waals surface area contributed by atoms with E-state index in [1.54, 1.807) is 23.3 Å². The largest absolute Gasteiger partial charge is 0.361 e. The topological polar surface area (TPSA) is 75.0 Å². The highest BCUT2D eigenvalue weighted by Gasteiger charge is 2.20. The lowest BCUT2D eigenvalue weighted by molar-refractivity contribution is -0.131. The fraction of sp³-hybridized carbons (Fsp3) is 0.294. The summed E-state index contributed by atoms with van der Waals surface area (Å²) in [6.07, 6.45) is 2.45. The number of nitrogens with two attached hydrogens (primary N) is 1. The Hall–Kier alpha value is -2.18. The number of aromatic nitrogens is 2. The Morgan fingerprint density at radius 1 is 1.43 bits per heavy atom. The molecule has 3 N–H and O–H groups in total. The smallest absolute Gasteiger partial charge is 0.239 e. The molecule has 23 heavy (non-hydrogen) atoms. The Bertz CT molecular complexity index is 823. The van der Waals surface area contributed by atoms with Crippen molar-refractivity contribution in [3.63, 3.8) is 0 Å². The molecule has 0 unspecified atom stereocenters. The number of aromatic amines is 1. The van der Waals surface area contributed by atoms with Crippen LogP contribution in [0.4, 0.5) is 0 Å². The molecule has 2 heterocycles. The van der Waals surface area contributed by atoms with Gasteiger partial charge in [0.05, 0.1) is 23.3 Å². The lowest BCUT2D eigenvalue weighted by Gasteiger charge is -2.20. The first-order valence-corrected chi connectivity index (χ1v) is 8.39. The van der Waals surface area contributed by atoms with E-state index in [2.05, 4.69) is 9.97 Å². The molecule has 6 heteroatoms. The molecule has 1 aromatic carbocycles. The van der Waals surface area contributed by atoms with Gasteiger partial charge >= 0.3 is 0 Å². The predicted molar refractivity (Wildman–Crippen MR) is 93.3 cm³/mol. The molecule has 5 nitrogen and oxygen atoms in total. The second-order valence-electron chi connectivity index (χ2n) is 5.72. The average Bonchev–Trinajstić information content (AvgIpc) is 3.13. The van der Waals surface area contributed by atoms with Crippen LogP contribution in [0.3, 0.4) is 0 Å². The molecule has 0 fully saturated rings. The van der Waals surface area contributed by atoms with Gasteiger partial charge in [-0.05, 0) is 25.0 Å². The number of carbonyl (C=O) groups excluding carboxylic acids is 1. The number of hydrogen-bond acceptors (Lipinski definition) is 4. The Morgan fingerprint density at radius 2 is 2.22 bits per heavy atom. The van der Waals surface area contributed by atoms with Crippen LogP contribution in [-0.2, 0) is 17.8 Å². The van der Waals surface area contributed by atoms with Crippen LogP contribution in [0.2, 0.25) is 0 Å². The minimum atomic E-state index is -0.557. The zero-order valence-electron chi connectivity index (χ0n) is 13.2. The number of H-pyrrole nitrogens is 1. The normalized spacial score (nSPS) is 12.5. The van der Waals surface area contributed by atoms with E-state index in [1.165, 1.54) is 0 Å². The van der Waals surface area contributed by atoms with Gasteiger partial charge < -0.3 is 15.6 Å². The Kier molecular flexibility index (Phi) is 4.45. The molecule has 0 spiro atoms. The van der Waals surface area contributed by atoms with Gasteiger partial charge in [-0.2, -0.15) is 0 Å². The molecule has 0 saturated carbocycles. The van der Waals surface area contributed by atoms with Gasteiger partial charge in [0.25, 0.3) is 0 Å². The summed E-state index contributed by atoms with van der Waals surface area (Å²) in [5.74, 6) is -0.0686. The highest BCUT2D eigenvalue weighted by atomic mass is 32.1. The minimum absolute atomic E-state index is 0.0686. The fourth-order valence-electron chi connectivity index (χ4n) is 2.71. The van der Waals surface area contributed by atoms with Crippen LogP contribution < -0.4 is 5.73 Å². The maximum Gasteiger partial charge on any atom is 0.239 e. The van der Waals surface area contributed by atoms with Crippen molar-refractivity contribution >= 4 is 28.1 Å². The number of benzene rings is 1. The highest BCUT2D eigenvalue weighted by molar-refractivity contribution is 7.09. The van der Waals surface area contributed by atoms with Crippen molar-refractivity contribution in [1.29, 1.82) is 0 Å². The third-order valence-corrected chi connectivity index (χ3v) is 4.70. The third kappa shape index (κ3) is 3.43. The first kappa shape index (κ1) is 15.7. The van der Waals surface area contributed by atoms with Crippen LogP contribution in [0.5, 0.6) is 0 Å². The summed E-state index contributed by atoms with van der Waals surface area (Å²) in [6, 6.07) is 7.48. The minimum Gasteiger partial charge on any atom is -0.361 e. The molecule has 120 valence electrons. The summed E-state index contributed by atoms with van der Waals surface area (Å²) >= 11 is 1.59. The number of hydrogen-bond donors (Lipinski definition) is 2. The van der Waals surface area contributed by atoms with E-state index in [9.17, 15) is 4.79 Å². The van der Waals surface area contributed by atoms with Crippen molar-refractivity contribution in [2.45, 2.75) is 25.9 Å². The van der Waals surface area contributed by atoms with E-state index in [4.69, 9.17) is 5.73 Å². The number of nitrogens with zero attached hydrogens (tertiary/aromatic N) is 2. The van der Waals surface area contributed by atoms with Gasteiger partial charge in [0.1, 0.15) is 0 Å². The summed E-state index contributed by atoms with van der Waals surface area (Å²) in [4.78, 5) is 21.7. The molecular formula is C17H20N4OS. The molecule has 0 aliphatic carbocycles. The maximum absolute atomic E-state index is 12.5. The third-order valence-electron chi connectivity index (χ3n) is 3.87. The number of rotatable bonds is 5. The number of fused-ring (bicyclic) bond motifs is 1. The van der Waals surface area contributed by atoms with Crippen LogP contribution in [0.25, 0.3) is 10.9 Å². The number of thiazole rings is 1. The Morgan fingerprint density at radius 3 is 2.96 bits per heavy atom. The molecule has 3 aromatic rings. The van der Waals surface area contributed by atoms with E-state index < -0.39 is 6.04 Å². The monoisotopic (exact) mass is 328 g/mol. The number of carbonyl (C=O) groups is 1. The summed E-state index contributed by atoms with van der Waals surface area (Å²) in [5, 5.41) is 4.10. The van der Waals surface area contributed by atoms with Crippen LogP contribution in [0, 0.1) is 6.92 Å². The molecule has 2 aromatic heterocycles. The van der Waals surface area contributed by atoms with Crippen LogP contribution in [0.15, 0.2) is 35.8 Å². The lowest BCUT2D eigenvalue weighted by atomic mass is 10.0. The van der Waals surface area contributed by atoms with Crippen LogP contribution in [0.1, 0.15) is 16.3 Å². The van der Waals surface area contributed by atoms with Crippen LogP contribution >= 0.6 is 11.3 Å². The van der Waals surface area contributed by atoms with Crippen LogP contribution in [-0.4, -0.2) is 33.9 Å². The first-order chi connectivity index (χ1) is 11.0.